The van der Waals surface area contributed by atoms with Gasteiger partial charge in [-0.05, 0) is 44.7 Å². The van der Waals surface area contributed by atoms with E-state index in [1.165, 1.54) is 12.5 Å². The first-order valence-corrected chi connectivity index (χ1v) is 8.85. The van der Waals surface area contributed by atoms with Crippen LogP contribution in [0.5, 0.6) is 0 Å². The van der Waals surface area contributed by atoms with Crippen molar-refractivity contribution in [2.24, 2.45) is 5.92 Å². The summed E-state index contributed by atoms with van der Waals surface area (Å²) in [5.74, 6) is -2.08. The molecule has 0 amide bonds. The highest BCUT2D eigenvalue weighted by atomic mass is 16.6. The lowest BCUT2D eigenvalue weighted by Gasteiger charge is -2.26. The number of ether oxygens (including phenoxy) is 2. The standard InChI is InChI=1S/C22H26O4/c1-17(20(23)25-16-19-12-8-5-9-13-19)21(24)26-22(2,3)15-14-18-10-6-4-7-11-18/h4-13,17H,14-16H2,1-3H3/t17-/m0/s1. The SMILES string of the molecule is C[C@@H](C(=O)OCc1ccccc1)C(=O)OC(C)(C)CCc1ccccc1. The van der Waals surface area contributed by atoms with Gasteiger partial charge in [-0.25, -0.2) is 0 Å². The summed E-state index contributed by atoms with van der Waals surface area (Å²) in [5, 5.41) is 0. The first-order valence-electron chi connectivity index (χ1n) is 8.85. The van der Waals surface area contributed by atoms with Crippen molar-refractivity contribution in [1.29, 1.82) is 0 Å². The summed E-state index contributed by atoms with van der Waals surface area (Å²) < 4.78 is 10.8. The van der Waals surface area contributed by atoms with E-state index in [0.717, 1.165) is 12.0 Å². The van der Waals surface area contributed by atoms with Crippen LogP contribution in [0.3, 0.4) is 0 Å². The summed E-state index contributed by atoms with van der Waals surface area (Å²) in [6, 6.07) is 19.4. The molecule has 4 nitrogen and oxygen atoms in total. The summed E-state index contributed by atoms with van der Waals surface area (Å²) in [6.45, 7) is 5.38. The Morgan fingerprint density at radius 1 is 0.885 bits per heavy atom. The van der Waals surface area contributed by atoms with E-state index < -0.39 is 23.5 Å². The molecule has 0 aliphatic carbocycles. The van der Waals surface area contributed by atoms with E-state index in [4.69, 9.17) is 9.47 Å². The molecule has 0 N–H and O–H groups in total. The van der Waals surface area contributed by atoms with Crippen LogP contribution in [-0.2, 0) is 32.1 Å². The largest absolute Gasteiger partial charge is 0.460 e. The number of rotatable bonds is 8. The third-order valence-corrected chi connectivity index (χ3v) is 4.17. The number of hydrogen-bond donors (Lipinski definition) is 0. The van der Waals surface area contributed by atoms with Gasteiger partial charge in [0, 0.05) is 0 Å². The zero-order valence-corrected chi connectivity index (χ0v) is 15.6. The van der Waals surface area contributed by atoms with Crippen molar-refractivity contribution in [3.8, 4) is 0 Å². The maximum absolute atomic E-state index is 12.3. The summed E-state index contributed by atoms with van der Waals surface area (Å²) in [4.78, 5) is 24.4. The molecule has 0 unspecified atom stereocenters. The number of hydrogen-bond acceptors (Lipinski definition) is 4. The van der Waals surface area contributed by atoms with Gasteiger partial charge < -0.3 is 9.47 Å². The van der Waals surface area contributed by atoms with Gasteiger partial charge in [0.1, 0.15) is 12.2 Å². The highest BCUT2D eigenvalue weighted by Crippen LogP contribution is 2.20. The molecule has 0 aliphatic heterocycles. The monoisotopic (exact) mass is 354 g/mol. The summed E-state index contributed by atoms with van der Waals surface area (Å²) in [7, 11) is 0. The fourth-order valence-electron chi connectivity index (χ4n) is 2.45. The number of carbonyl (C=O) groups excluding carboxylic acids is 2. The fourth-order valence-corrected chi connectivity index (χ4v) is 2.45. The van der Waals surface area contributed by atoms with E-state index in [2.05, 4.69) is 0 Å². The van der Waals surface area contributed by atoms with Crippen molar-refractivity contribution < 1.29 is 19.1 Å². The first-order chi connectivity index (χ1) is 12.4. The average Bonchev–Trinajstić information content (AvgIpc) is 2.65. The van der Waals surface area contributed by atoms with E-state index in [-0.39, 0.29) is 6.61 Å². The molecule has 138 valence electrons. The van der Waals surface area contributed by atoms with Crippen LogP contribution in [0.1, 0.15) is 38.3 Å². The summed E-state index contributed by atoms with van der Waals surface area (Å²) >= 11 is 0. The van der Waals surface area contributed by atoms with Crippen LogP contribution in [0.2, 0.25) is 0 Å². The van der Waals surface area contributed by atoms with Crippen molar-refractivity contribution in [3.63, 3.8) is 0 Å². The molecule has 0 aromatic heterocycles. The van der Waals surface area contributed by atoms with E-state index in [1.54, 1.807) is 0 Å². The van der Waals surface area contributed by atoms with Gasteiger partial charge in [-0.3, -0.25) is 9.59 Å². The van der Waals surface area contributed by atoms with E-state index in [9.17, 15) is 9.59 Å². The third kappa shape index (κ3) is 6.36. The predicted octanol–water partition coefficient (Wildman–Crippen LogP) is 4.32. The molecule has 0 saturated carbocycles. The molecule has 0 fully saturated rings. The molecule has 0 saturated heterocycles. The molecule has 2 aromatic carbocycles. The molecule has 0 spiro atoms. The minimum atomic E-state index is -0.949. The van der Waals surface area contributed by atoms with Crippen LogP contribution in [-0.4, -0.2) is 17.5 Å². The number of carbonyl (C=O) groups is 2. The quantitative estimate of drug-likeness (QED) is 0.523. The Labute approximate surface area is 155 Å². The molecular weight excluding hydrogens is 328 g/mol. The maximum Gasteiger partial charge on any atom is 0.320 e. The second-order valence-corrected chi connectivity index (χ2v) is 6.98. The third-order valence-electron chi connectivity index (χ3n) is 4.17. The van der Waals surface area contributed by atoms with Crippen LogP contribution < -0.4 is 0 Å². The molecule has 2 aromatic rings. The van der Waals surface area contributed by atoms with E-state index in [1.807, 2.05) is 74.5 Å². The zero-order valence-electron chi connectivity index (χ0n) is 15.6. The zero-order chi connectivity index (χ0) is 19.0. The first kappa shape index (κ1) is 19.7. The molecule has 26 heavy (non-hydrogen) atoms. The van der Waals surface area contributed by atoms with Gasteiger partial charge in [-0.15, -0.1) is 0 Å². The van der Waals surface area contributed by atoms with Gasteiger partial charge in [0.05, 0.1) is 0 Å². The van der Waals surface area contributed by atoms with Gasteiger partial charge in [-0.1, -0.05) is 60.7 Å². The van der Waals surface area contributed by atoms with Crippen molar-refractivity contribution >= 4 is 11.9 Å². The number of benzene rings is 2. The Balaban J connectivity index is 1.81. The molecule has 0 radical (unpaired) electrons. The van der Waals surface area contributed by atoms with E-state index in [0.29, 0.717) is 6.42 Å². The molecular formula is C22H26O4. The van der Waals surface area contributed by atoms with Crippen molar-refractivity contribution in [2.45, 2.75) is 45.8 Å². The second-order valence-electron chi connectivity index (χ2n) is 6.98. The normalized spacial score (nSPS) is 12.3. The van der Waals surface area contributed by atoms with Gasteiger partial charge in [0.15, 0.2) is 5.92 Å². The van der Waals surface area contributed by atoms with Gasteiger partial charge in [0.25, 0.3) is 0 Å². The van der Waals surface area contributed by atoms with Crippen LogP contribution in [0.25, 0.3) is 0 Å². The molecule has 0 heterocycles. The van der Waals surface area contributed by atoms with Crippen LogP contribution in [0, 0.1) is 5.92 Å². The highest BCUT2D eigenvalue weighted by molar-refractivity contribution is 5.94. The topological polar surface area (TPSA) is 52.6 Å². The lowest BCUT2D eigenvalue weighted by molar-refractivity contribution is -0.170. The molecule has 0 bridgehead atoms. The molecule has 2 rings (SSSR count). The highest BCUT2D eigenvalue weighted by Gasteiger charge is 2.30. The minimum absolute atomic E-state index is 0.148. The Morgan fingerprint density at radius 2 is 1.42 bits per heavy atom. The second kappa shape index (κ2) is 9.18. The maximum atomic E-state index is 12.3. The van der Waals surface area contributed by atoms with Gasteiger partial charge in [0.2, 0.25) is 0 Å². The number of aryl methyl sites for hydroxylation is 1. The molecule has 0 aliphatic rings. The van der Waals surface area contributed by atoms with Crippen LogP contribution in [0.4, 0.5) is 0 Å². The molecule has 1 atom stereocenters. The van der Waals surface area contributed by atoms with Crippen LogP contribution in [0.15, 0.2) is 60.7 Å². The number of esters is 2. The Kier molecular flexibility index (Phi) is 6.96. The Hall–Kier alpha value is -2.62. The van der Waals surface area contributed by atoms with E-state index >= 15 is 0 Å². The Morgan fingerprint density at radius 3 is 2.00 bits per heavy atom. The van der Waals surface area contributed by atoms with Crippen molar-refractivity contribution in [3.05, 3.63) is 71.8 Å². The van der Waals surface area contributed by atoms with Crippen LogP contribution >= 0.6 is 0 Å². The lowest BCUT2D eigenvalue weighted by atomic mass is 9.98. The Bertz CT molecular complexity index is 707. The van der Waals surface area contributed by atoms with Crippen molar-refractivity contribution in [1.82, 2.24) is 0 Å². The van der Waals surface area contributed by atoms with Crippen molar-refractivity contribution in [2.75, 3.05) is 0 Å². The predicted molar refractivity (Wildman–Crippen MR) is 100 cm³/mol. The minimum Gasteiger partial charge on any atom is -0.460 e. The van der Waals surface area contributed by atoms with Gasteiger partial charge >= 0.3 is 11.9 Å². The molecule has 4 heteroatoms. The summed E-state index contributed by atoms with van der Waals surface area (Å²) in [5.41, 5.74) is 1.41. The average molecular weight is 354 g/mol. The lowest BCUT2D eigenvalue weighted by Crippen LogP contribution is -2.34. The van der Waals surface area contributed by atoms with Gasteiger partial charge in [-0.2, -0.15) is 0 Å². The smallest absolute Gasteiger partial charge is 0.320 e. The fraction of sp³-hybridized carbons (Fsp3) is 0.364. The summed E-state index contributed by atoms with van der Waals surface area (Å²) in [6.07, 6.45) is 1.47.